The molecule has 0 bridgehead atoms. The number of carbonyl (C=O) groups excluding carboxylic acids is 1. The van der Waals surface area contributed by atoms with Crippen LogP contribution in [-0.4, -0.2) is 42.1 Å². The summed E-state index contributed by atoms with van der Waals surface area (Å²) in [6.07, 6.45) is -0.0942. The molecule has 5 nitrogen and oxygen atoms in total. The molecule has 6 heteroatoms. The molecule has 1 aromatic rings. The molecule has 0 aliphatic heterocycles. The number of halogens is 1. The summed E-state index contributed by atoms with van der Waals surface area (Å²) in [5.41, 5.74) is 0.888. The van der Waals surface area contributed by atoms with Gasteiger partial charge in [-0.25, -0.2) is 0 Å². The van der Waals surface area contributed by atoms with Crippen LogP contribution < -0.4 is 0 Å². The molecule has 1 rings (SSSR count). The van der Waals surface area contributed by atoms with Gasteiger partial charge in [0, 0.05) is 25.2 Å². The number of carboxylic acids is 1. The molecule has 0 aliphatic carbocycles. The van der Waals surface area contributed by atoms with E-state index in [9.17, 15) is 9.59 Å². The van der Waals surface area contributed by atoms with Crippen molar-refractivity contribution in [2.75, 3.05) is 20.3 Å². The smallest absolute Gasteiger partial charge is 0.305 e. The van der Waals surface area contributed by atoms with Gasteiger partial charge >= 0.3 is 5.97 Å². The third kappa shape index (κ3) is 5.72. The molecule has 104 valence electrons. The fourth-order valence-electron chi connectivity index (χ4n) is 1.55. The third-order valence-corrected chi connectivity index (χ3v) is 2.75. The molecule has 19 heavy (non-hydrogen) atoms. The number of nitrogens with zero attached hydrogens (tertiary/aromatic N) is 1. The molecular formula is C13H16ClNO4. The Morgan fingerprint density at radius 2 is 1.95 bits per heavy atom. The van der Waals surface area contributed by atoms with E-state index >= 15 is 0 Å². The van der Waals surface area contributed by atoms with Gasteiger partial charge in [-0.1, -0.05) is 23.7 Å². The summed E-state index contributed by atoms with van der Waals surface area (Å²) in [4.78, 5) is 23.9. The van der Waals surface area contributed by atoms with Crippen molar-refractivity contribution in [3.63, 3.8) is 0 Å². The van der Waals surface area contributed by atoms with E-state index in [1.54, 1.807) is 24.3 Å². The van der Waals surface area contributed by atoms with Crippen molar-refractivity contribution in [1.82, 2.24) is 4.90 Å². The molecule has 0 spiro atoms. The van der Waals surface area contributed by atoms with Gasteiger partial charge in [0.15, 0.2) is 0 Å². The van der Waals surface area contributed by atoms with E-state index in [1.807, 2.05) is 0 Å². The maximum atomic E-state index is 11.8. The molecule has 0 saturated carbocycles. The molecular weight excluding hydrogens is 270 g/mol. The SMILES string of the molecule is COCC(=O)N(CCC(=O)O)Cc1ccc(Cl)cc1. The number of aliphatic carboxylic acids is 1. The molecule has 1 aromatic carbocycles. The second kappa shape index (κ2) is 7.76. The van der Waals surface area contributed by atoms with Crippen LogP contribution in [0.3, 0.4) is 0 Å². The van der Waals surface area contributed by atoms with Crippen LogP contribution in [0.4, 0.5) is 0 Å². The minimum absolute atomic E-state index is 0.0623. The van der Waals surface area contributed by atoms with E-state index in [1.165, 1.54) is 12.0 Å². The number of methoxy groups -OCH3 is 1. The van der Waals surface area contributed by atoms with Gasteiger partial charge in [0.2, 0.25) is 5.91 Å². The summed E-state index contributed by atoms with van der Waals surface area (Å²) in [5, 5.41) is 9.30. The lowest BCUT2D eigenvalue weighted by Gasteiger charge is -2.21. The van der Waals surface area contributed by atoms with Crippen LogP contribution in [0.15, 0.2) is 24.3 Å². The molecule has 0 unspecified atom stereocenters. The molecule has 0 atom stereocenters. The minimum Gasteiger partial charge on any atom is -0.481 e. The number of hydrogen-bond acceptors (Lipinski definition) is 3. The van der Waals surface area contributed by atoms with Crippen LogP contribution in [0, 0.1) is 0 Å². The van der Waals surface area contributed by atoms with Crippen LogP contribution in [0.25, 0.3) is 0 Å². The van der Waals surface area contributed by atoms with Crippen molar-refractivity contribution in [1.29, 1.82) is 0 Å². The normalized spacial score (nSPS) is 10.2. The summed E-state index contributed by atoms with van der Waals surface area (Å²) >= 11 is 5.78. The van der Waals surface area contributed by atoms with Gasteiger partial charge in [-0.3, -0.25) is 9.59 Å². The van der Waals surface area contributed by atoms with E-state index < -0.39 is 5.97 Å². The molecule has 0 aliphatic rings. The van der Waals surface area contributed by atoms with E-state index in [0.29, 0.717) is 11.6 Å². The highest BCUT2D eigenvalue weighted by molar-refractivity contribution is 6.30. The Morgan fingerprint density at radius 3 is 2.47 bits per heavy atom. The van der Waals surface area contributed by atoms with E-state index in [0.717, 1.165) is 5.56 Å². The fourth-order valence-corrected chi connectivity index (χ4v) is 1.67. The van der Waals surface area contributed by atoms with Crippen molar-refractivity contribution in [3.8, 4) is 0 Å². The predicted octanol–water partition coefficient (Wildman–Crippen LogP) is 1.79. The van der Waals surface area contributed by atoms with Crippen LogP contribution in [-0.2, 0) is 20.9 Å². The topological polar surface area (TPSA) is 66.8 Å². The third-order valence-electron chi connectivity index (χ3n) is 2.50. The zero-order chi connectivity index (χ0) is 14.3. The zero-order valence-electron chi connectivity index (χ0n) is 10.6. The number of benzene rings is 1. The van der Waals surface area contributed by atoms with Gasteiger partial charge in [-0.05, 0) is 17.7 Å². The van der Waals surface area contributed by atoms with Gasteiger partial charge in [0.25, 0.3) is 0 Å². The highest BCUT2D eigenvalue weighted by Gasteiger charge is 2.15. The van der Waals surface area contributed by atoms with Crippen molar-refractivity contribution in [2.45, 2.75) is 13.0 Å². The predicted molar refractivity (Wildman–Crippen MR) is 71.0 cm³/mol. The molecule has 1 amide bonds. The van der Waals surface area contributed by atoms with E-state index in [2.05, 4.69) is 0 Å². The monoisotopic (exact) mass is 285 g/mol. The standard InChI is InChI=1S/C13H16ClNO4/c1-19-9-12(16)15(7-6-13(17)18)8-10-2-4-11(14)5-3-10/h2-5H,6-9H2,1H3,(H,17,18). The van der Waals surface area contributed by atoms with Gasteiger partial charge in [0.05, 0.1) is 6.42 Å². The highest BCUT2D eigenvalue weighted by atomic mass is 35.5. The first-order valence-corrected chi connectivity index (χ1v) is 6.13. The Labute approximate surface area is 116 Å². The summed E-state index contributed by atoms with van der Waals surface area (Å²) in [6, 6.07) is 7.06. The van der Waals surface area contributed by atoms with Crippen molar-refractivity contribution in [3.05, 3.63) is 34.9 Å². The lowest BCUT2D eigenvalue weighted by molar-refractivity contribution is -0.140. The van der Waals surface area contributed by atoms with Gasteiger partial charge in [0.1, 0.15) is 6.61 Å². The van der Waals surface area contributed by atoms with Crippen LogP contribution in [0.1, 0.15) is 12.0 Å². The Bertz CT molecular complexity index is 433. The molecule has 0 fully saturated rings. The van der Waals surface area contributed by atoms with Crippen LogP contribution in [0.2, 0.25) is 5.02 Å². The van der Waals surface area contributed by atoms with Crippen molar-refractivity contribution >= 4 is 23.5 Å². The maximum Gasteiger partial charge on any atom is 0.305 e. The maximum absolute atomic E-state index is 11.8. The summed E-state index contributed by atoms with van der Waals surface area (Å²) < 4.78 is 4.79. The van der Waals surface area contributed by atoms with Crippen LogP contribution >= 0.6 is 11.6 Å². The first kappa shape index (κ1) is 15.5. The van der Waals surface area contributed by atoms with Crippen molar-refractivity contribution < 1.29 is 19.4 Å². The number of ether oxygens (including phenoxy) is 1. The second-order valence-corrected chi connectivity index (χ2v) is 4.45. The molecule has 0 heterocycles. The Morgan fingerprint density at radius 1 is 1.32 bits per heavy atom. The Balaban J connectivity index is 2.69. The zero-order valence-corrected chi connectivity index (χ0v) is 11.4. The number of carbonyl (C=O) groups is 2. The quantitative estimate of drug-likeness (QED) is 0.829. The highest BCUT2D eigenvalue weighted by Crippen LogP contribution is 2.12. The van der Waals surface area contributed by atoms with Gasteiger partial charge in [-0.2, -0.15) is 0 Å². The lowest BCUT2D eigenvalue weighted by Crippen LogP contribution is -2.35. The largest absolute Gasteiger partial charge is 0.481 e. The fraction of sp³-hybridized carbons (Fsp3) is 0.385. The number of rotatable bonds is 7. The number of carboxylic acid groups (broad SMARTS) is 1. The molecule has 0 saturated heterocycles. The van der Waals surface area contributed by atoms with E-state index in [-0.39, 0.29) is 25.5 Å². The Hall–Kier alpha value is -1.59. The summed E-state index contributed by atoms with van der Waals surface area (Å²) in [7, 11) is 1.43. The van der Waals surface area contributed by atoms with E-state index in [4.69, 9.17) is 21.4 Å². The average molecular weight is 286 g/mol. The first-order chi connectivity index (χ1) is 9.02. The van der Waals surface area contributed by atoms with Crippen molar-refractivity contribution in [2.24, 2.45) is 0 Å². The molecule has 1 N–H and O–H groups in total. The second-order valence-electron chi connectivity index (χ2n) is 4.02. The number of hydrogen-bond donors (Lipinski definition) is 1. The average Bonchev–Trinajstić information content (AvgIpc) is 2.36. The first-order valence-electron chi connectivity index (χ1n) is 5.76. The Kier molecular flexibility index (Phi) is 6.32. The summed E-state index contributed by atoms with van der Waals surface area (Å²) in [6.45, 7) is 0.431. The van der Waals surface area contributed by atoms with Gasteiger partial charge in [-0.15, -0.1) is 0 Å². The molecule has 0 radical (unpaired) electrons. The lowest BCUT2D eigenvalue weighted by atomic mass is 10.2. The minimum atomic E-state index is -0.939. The van der Waals surface area contributed by atoms with Gasteiger partial charge < -0.3 is 14.7 Å². The molecule has 0 aromatic heterocycles. The summed E-state index contributed by atoms with van der Waals surface area (Å²) in [5.74, 6) is -1.18. The van der Waals surface area contributed by atoms with Crippen LogP contribution in [0.5, 0.6) is 0 Å². The number of amides is 1.